The van der Waals surface area contributed by atoms with Crippen molar-refractivity contribution in [2.75, 3.05) is 32.8 Å². The first-order chi connectivity index (χ1) is 10.5. The number of aliphatic hydroxyl groups is 1. The normalized spacial score (nSPS) is 17.7. The fourth-order valence-electron chi connectivity index (χ4n) is 2.70. The zero-order valence-electron chi connectivity index (χ0n) is 11.8. The Morgan fingerprint density at radius 3 is 1.91 bits per heavy atom. The third-order valence-electron chi connectivity index (χ3n) is 3.81. The van der Waals surface area contributed by atoms with Crippen LogP contribution in [0.2, 0.25) is 0 Å². The van der Waals surface area contributed by atoms with Crippen molar-refractivity contribution < 1.29 is 27.1 Å². The van der Waals surface area contributed by atoms with Gasteiger partial charge in [-0.3, -0.25) is 4.90 Å². The molecule has 1 saturated heterocycles. The van der Waals surface area contributed by atoms with E-state index in [0.717, 1.165) is 0 Å². The van der Waals surface area contributed by atoms with Crippen LogP contribution >= 0.6 is 0 Å². The second-order valence-corrected chi connectivity index (χ2v) is 5.15. The highest BCUT2D eigenvalue weighted by Crippen LogP contribution is 2.33. The number of rotatable bonds is 5. The molecule has 0 aromatic heterocycles. The number of hydrogen-bond donors (Lipinski definition) is 2. The minimum absolute atomic E-state index is 0.106. The molecule has 0 saturated carbocycles. The van der Waals surface area contributed by atoms with Gasteiger partial charge in [-0.05, 0) is 12.8 Å². The molecule has 124 valence electrons. The molecule has 1 fully saturated rings. The van der Waals surface area contributed by atoms with Crippen LogP contribution in [0.3, 0.4) is 0 Å². The molecule has 1 aliphatic rings. The van der Waals surface area contributed by atoms with Gasteiger partial charge in [-0.25, -0.2) is 22.0 Å². The molecule has 0 bridgehead atoms. The number of piperazine rings is 1. The Labute approximate surface area is 124 Å². The van der Waals surface area contributed by atoms with Gasteiger partial charge in [0.05, 0.1) is 0 Å². The molecule has 0 amide bonds. The molecule has 2 rings (SSSR count). The van der Waals surface area contributed by atoms with Gasteiger partial charge < -0.3 is 10.4 Å². The number of hydrogen-bond acceptors (Lipinski definition) is 3. The summed E-state index contributed by atoms with van der Waals surface area (Å²) in [7, 11) is 0. The molecule has 1 aromatic rings. The van der Waals surface area contributed by atoms with Crippen molar-refractivity contribution in [1.29, 1.82) is 0 Å². The molecule has 3 nitrogen and oxygen atoms in total. The van der Waals surface area contributed by atoms with Crippen LogP contribution in [-0.4, -0.2) is 42.8 Å². The Bertz CT molecular complexity index is 505. The lowest BCUT2D eigenvalue weighted by Crippen LogP contribution is -2.45. The van der Waals surface area contributed by atoms with Crippen LogP contribution in [0.25, 0.3) is 0 Å². The van der Waals surface area contributed by atoms with E-state index in [2.05, 4.69) is 5.32 Å². The lowest BCUT2D eigenvalue weighted by molar-refractivity contribution is 0.146. The SMILES string of the molecule is OCCC[C@@H](c1c(F)c(F)c(F)c(F)c1F)N1CCNCC1. The van der Waals surface area contributed by atoms with Crippen LogP contribution in [0.4, 0.5) is 22.0 Å². The first-order valence-corrected chi connectivity index (χ1v) is 7.06. The molecule has 0 aliphatic carbocycles. The Kier molecular flexibility index (Phi) is 5.71. The first kappa shape index (κ1) is 17.1. The highest BCUT2D eigenvalue weighted by molar-refractivity contribution is 5.27. The maximum absolute atomic E-state index is 14.0. The van der Waals surface area contributed by atoms with E-state index in [0.29, 0.717) is 26.2 Å². The van der Waals surface area contributed by atoms with Crippen LogP contribution in [0.15, 0.2) is 0 Å². The van der Waals surface area contributed by atoms with Crippen LogP contribution in [0.5, 0.6) is 0 Å². The molecule has 1 atom stereocenters. The number of nitrogens with one attached hydrogen (secondary N) is 1. The summed E-state index contributed by atoms with van der Waals surface area (Å²) in [6.07, 6.45) is 0.308. The van der Waals surface area contributed by atoms with Crippen molar-refractivity contribution in [3.63, 3.8) is 0 Å². The zero-order chi connectivity index (χ0) is 16.3. The molecule has 1 aromatic carbocycles. The Morgan fingerprint density at radius 1 is 0.909 bits per heavy atom. The summed E-state index contributed by atoms with van der Waals surface area (Å²) in [6, 6.07) is -0.959. The summed E-state index contributed by atoms with van der Waals surface area (Å²) in [5, 5.41) is 12.0. The second-order valence-electron chi connectivity index (χ2n) is 5.15. The summed E-state index contributed by atoms with van der Waals surface area (Å²) < 4.78 is 68.0. The van der Waals surface area contributed by atoms with Gasteiger partial charge in [0, 0.05) is 44.4 Å². The van der Waals surface area contributed by atoms with E-state index < -0.39 is 40.7 Å². The zero-order valence-corrected chi connectivity index (χ0v) is 11.8. The minimum atomic E-state index is -2.15. The number of aliphatic hydroxyl groups excluding tert-OH is 1. The van der Waals surface area contributed by atoms with Gasteiger partial charge in [-0.1, -0.05) is 0 Å². The molecular weight excluding hydrogens is 307 g/mol. The van der Waals surface area contributed by atoms with Gasteiger partial charge in [-0.15, -0.1) is 0 Å². The summed E-state index contributed by atoms with van der Waals surface area (Å²) in [5.74, 6) is -9.60. The van der Waals surface area contributed by atoms with Crippen molar-refractivity contribution in [2.45, 2.75) is 18.9 Å². The van der Waals surface area contributed by atoms with Crippen molar-refractivity contribution >= 4 is 0 Å². The van der Waals surface area contributed by atoms with Gasteiger partial charge in [-0.2, -0.15) is 0 Å². The minimum Gasteiger partial charge on any atom is -0.396 e. The number of benzene rings is 1. The molecule has 0 unspecified atom stereocenters. The van der Waals surface area contributed by atoms with Crippen LogP contribution in [0, 0.1) is 29.1 Å². The average Bonchev–Trinajstić information content (AvgIpc) is 2.55. The van der Waals surface area contributed by atoms with Crippen LogP contribution < -0.4 is 5.32 Å². The van der Waals surface area contributed by atoms with E-state index in [-0.39, 0.29) is 19.4 Å². The van der Waals surface area contributed by atoms with Crippen molar-refractivity contribution in [1.82, 2.24) is 10.2 Å². The topological polar surface area (TPSA) is 35.5 Å². The number of halogens is 5. The maximum Gasteiger partial charge on any atom is 0.200 e. The Morgan fingerprint density at radius 2 is 1.41 bits per heavy atom. The molecule has 8 heteroatoms. The van der Waals surface area contributed by atoms with Gasteiger partial charge in [0.15, 0.2) is 23.3 Å². The summed E-state index contributed by atoms with van der Waals surface area (Å²) in [5.41, 5.74) is -0.813. The van der Waals surface area contributed by atoms with E-state index in [9.17, 15) is 22.0 Å². The lowest BCUT2D eigenvalue weighted by Gasteiger charge is -2.35. The third-order valence-corrected chi connectivity index (χ3v) is 3.81. The van der Waals surface area contributed by atoms with Crippen molar-refractivity contribution in [3.8, 4) is 0 Å². The standard InChI is InChI=1S/C14H17F5N2O/c15-10-9(11(16)13(18)14(19)12(10)17)8(2-1-7-22)21-5-3-20-4-6-21/h8,20,22H,1-7H2/t8-/m0/s1. The Hall–Kier alpha value is -1.25. The van der Waals surface area contributed by atoms with Gasteiger partial charge in [0.1, 0.15) is 0 Å². The van der Waals surface area contributed by atoms with Crippen LogP contribution in [-0.2, 0) is 0 Å². The van der Waals surface area contributed by atoms with Gasteiger partial charge >= 0.3 is 0 Å². The molecule has 0 radical (unpaired) electrons. The summed E-state index contributed by atoms with van der Waals surface area (Å²) in [6.45, 7) is 1.75. The lowest BCUT2D eigenvalue weighted by atomic mass is 9.97. The fourth-order valence-corrected chi connectivity index (χ4v) is 2.70. The molecule has 1 heterocycles. The predicted octanol–water partition coefficient (Wildman–Crippen LogP) is 2.10. The second kappa shape index (κ2) is 7.34. The van der Waals surface area contributed by atoms with E-state index in [1.807, 2.05) is 0 Å². The van der Waals surface area contributed by atoms with Crippen molar-refractivity contribution in [3.05, 3.63) is 34.6 Å². The van der Waals surface area contributed by atoms with E-state index in [1.54, 1.807) is 4.90 Å². The Balaban J connectivity index is 2.46. The molecule has 0 spiro atoms. The van der Waals surface area contributed by atoms with E-state index in [4.69, 9.17) is 5.11 Å². The van der Waals surface area contributed by atoms with Crippen molar-refractivity contribution in [2.24, 2.45) is 0 Å². The molecule has 2 N–H and O–H groups in total. The fraction of sp³-hybridized carbons (Fsp3) is 0.571. The van der Waals surface area contributed by atoms with E-state index in [1.165, 1.54) is 0 Å². The average molecular weight is 324 g/mol. The smallest absolute Gasteiger partial charge is 0.200 e. The van der Waals surface area contributed by atoms with Gasteiger partial charge in [0.25, 0.3) is 0 Å². The third kappa shape index (κ3) is 3.23. The highest BCUT2D eigenvalue weighted by Gasteiger charge is 2.33. The van der Waals surface area contributed by atoms with Crippen LogP contribution in [0.1, 0.15) is 24.4 Å². The summed E-state index contributed by atoms with van der Waals surface area (Å²) in [4.78, 5) is 1.67. The number of nitrogens with zero attached hydrogens (tertiary/aromatic N) is 1. The summed E-state index contributed by atoms with van der Waals surface area (Å²) >= 11 is 0. The monoisotopic (exact) mass is 324 g/mol. The quantitative estimate of drug-likeness (QED) is 0.495. The predicted molar refractivity (Wildman–Crippen MR) is 69.7 cm³/mol. The van der Waals surface area contributed by atoms with E-state index >= 15 is 0 Å². The maximum atomic E-state index is 14.0. The largest absolute Gasteiger partial charge is 0.396 e. The molecule has 22 heavy (non-hydrogen) atoms. The highest BCUT2D eigenvalue weighted by atomic mass is 19.2. The molecule has 1 aliphatic heterocycles. The molecular formula is C14H17F5N2O. The van der Waals surface area contributed by atoms with Gasteiger partial charge in [0.2, 0.25) is 5.82 Å². The first-order valence-electron chi connectivity index (χ1n) is 7.06.